The van der Waals surface area contributed by atoms with Crippen LogP contribution in [0.3, 0.4) is 0 Å². The third-order valence-corrected chi connectivity index (χ3v) is 4.07. The van der Waals surface area contributed by atoms with Crippen molar-refractivity contribution in [2.45, 2.75) is 31.2 Å². The first-order chi connectivity index (χ1) is 9.72. The SMILES string of the molecule is Cn1cnnc1CCNC1CC(c2ccc(F)cc2)C1. The molecule has 0 atom stereocenters. The van der Waals surface area contributed by atoms with Gasteiger partial charge in [-0.2, -0.15) is 0 Å². The molecule has 106 valence electrons. The molecule has 2 aromatic rings. The molecule has 0 amide bonds. The Morgan fingerprint density at radius 2 is 2.05 bits per heavy atom. The molecule has 5 heteroatoms. The Morgan fingerprint density at radius 3 is 2.70 bits per heavy atom. The summed E-state index contributed by atoms with van der Waals surface area (Å²) in [6, 6.07) is 7.46. The second kappa shape index (κ2) is 5.71. The van der Waals surface area contributed by atoms with Gasteiger partial charge in [0.15, 0.2) is 0 Å². The quantitative estimate of drug-likeness (QED) is 0.907. The van der Waals surface area contributed by atoms with E-state index in [1.54, 1.807) is 18.5 Å². The molecule has 1 aromatic carbocycles. The maximum absolute atomic E-state index is 12.9. The molecule has 4 nitrogen and oxygen atoms in total. The van der Waals surface area contributed by atoms with Gasteiger partial charge >= 0.3 is 0 Å². The van der Waals surface area contributed by atoms with E-state index in [0.29, 0.717) is 12.0 Å². The molecule has 0 aliphatic heterocycles. The van der Waals surface area contributed by atoms with E-state index in [1.165, 1.54) is 5.56 Å². The Kier molecular flexibility index (Phi) is 3.78. The van der Waals surface area contributed by atoms with Crippen LogP contribution in [0.4, 0.5) is 4.39 Å². The number of benzene rings is 1. The topological polar surface area (TPSA) is 42.7 Å². The third-order valence-electron chi connectivity index (χ3n) is 4.07. The lowest BCUT2D eigenvalue weighted by molar-refractivity contribution is 0.292. The number of aromatic nitrogens is 3. The summed E-state index contributed by atoms with van der Waals surface area (Å²) >= 11 is 0. The summed E-state index contributed by atoms with van der Waals surface area (Å²) in [7, 11) is 1.96. The van der Waals surface area contributed by atoms with Crippen LogP contribution in [0.15, 0.2) is 30.6 Å². The zero-order chi connectivity index (χ0) is 13.9. The Bertz CT molecular complexity index is 558. The molecule has 0 saturated heterocycles. The summed E-state index contributed by atoms with van der Waals surface area (Å²) in [6.07, 6.45) is 4.88. The Morgan fingerprint density at radius 1 is 1.30 bits per heavy atom. The molecule has 0 radical (unpaired) electrons. The first kappa shape index (κ1) is 13.2. The molecule has 0 spiro atoms. The molecule has 3 rings (SSSR count). The molecule has 1 aliphatic carbocycles. The molecule has 0 unspecified atom stereocenters. The van der Waals surface area contributed by atoms with Crippen LogP contribution in [-0.2, 0) is 13.5 Å². The van der Waals surface area contributed by atoms with E-state index >= 15 is 0 Å². The van der Waals surface area contributed by atoms with Gasteiger partial charge in [0.2, 0.25) is 0 Å². The van der Waals surface area contributed by atoms with Crippen molar-refractivity contribution in [3.05, 3.63) is 47.8 Å². The standard InChI is InChI=1S/C15H19FN4/c1-20-10-18-19-15(20)6-7-17-14-8-12(9-14)11-2-4-13(16)5-3-11/h2-5,10,12,14,17H,6-9H2,1H3. The van der Waals surface area contributed by atoms with Crippen LogP contribution < -0.4 is 5.32 Å². The fraction of sp³-hybridized carbons (Fsp3) is 0.467. The maximum Gasteiger partial charge on any atom is 0.133 e. The van der Waals surface area contributed by atoms with Crippen molar-refractivity contribution >= 4 is 0 Å². The number of hydrogen-bond acceptors (Lipinski definition) is 3. The Labute approximate surface area is 118 Å². The molecular weight excluding hydrogens is 255 g/mol. The summed E-state index contributed by atoms with van der Waals surface area (Å²) in [5.41, 5.74) is 1.25. The number of hydrogen-bond donors (Lipinski definition) is 1. The largest absolute Gasteiger partial charge is 0.321 e. The van der Waals surface area contributed by atoms with Crippen LogP contribution in [0.1, 0.15) is 30.1 Å². The lowest BCUT2D eigenvalue weighted by atomic mass is 9.76. The van der Waals surface area contributed by atoms with Gasteiger partial charge in [-0.15, -0.1) is 10.2 Å². The van der Waals surface area contributed by atoms with Crippen molar-refractivity contribution in [3.8, 4) is 0 Å². The van der Waals surface area contributed by atoms with Crippen molar-refractivity contribution < 1.29 is 4.39 Å². The fourth-order valence-electron chi connectivity index (χ4n) is 2.71. The van der Waals surface area contributed by atoms with Crippen LogP contribution in [0.25, 0.3) is 0 Å². The number of rotatable bonds is 5. The number of nitrogens with one attached hydrogen (secondary N) is 1. The van der Waals surface area contributed by atoms with Gasteiger partial charge in [-0.3, -0.25) is 0 Å². The highest BCUT2D eigenvalue weighted by Gasteiger charge is 2.29. The number of aryl methyl sites for hydroxylation is 1. The fourth-order valence-corrected chi connectivity index (χ4v) is 2.71. The predicted molar refractivity (Wildman–Crippen MR) is 74.9 cm³/mol. The molecular formula is C15H19FN4. The van der Waals surface area contributed by atoms with Crippen molar-refractivity contribution in [1.29, 1.82) is 0 Å². The Balaban J connectivity index is 1.40. The summed E-state index contributed by atoms with van der Waals surface area (Å²) in [4.78, 5) is 0. The van der Waals surface area contributed by atoms with E-state index in [0.717, 1.165) is 31.6 Å². The van der Waals surface area contributed by atoms with Gasteiger partial charge < -0.3 is 9.88 Å². The first-order valence-electron chi connectivity index (χ1n) is 7.04. The highest BCUT2D eigenvalue weighted by atomic mass is 19.1. The van der Waals surface area contributed by atoms with Gasteiger partial charge in [0.25, 0.3) is 0 Å². The number of halogens is 1. The van der Waals surface area contributed by atoms with Gasteiger partial charge in [0.1, 0.15) is 18.0 Å². The van der Waals surface area contributed by atoms with E-state index in [-0.39, 0.29) is 5.82 Å². The minimum Gasteiger partial charge on any atom is -0.321 e. The second-order valence-electron chi connectivity index (χ2n) is 5.48. The lowest BCUT2D eigenvalue weighted by Crippen LogP contribution is -2.41. The van der Waals surface area contributed by atoms with Crippen LogP contribution in [0.2, 0.25) is 0 Å². The van der Waals surface area contributed by atoms with Gasteiger partial charge in [-0.1, -0.05) is 12.1 Å². The average molecular weight is 274 g/mol. The first-order valence-corrected chi connectivity index (χ1v) is 7.04. The van der Waals surface area contributed by atoms with Crippen LogP contribution >= 0.6 is 0 Å². The zero-order valence-electron chi connectivity index (χ0n) is 11.6. The molecule has 20 heavy (non-hydrogen) atoms. The molecule has 1 aromatic heterocycles. The van der Waals surface area contributed by atoms with Crippen LogP contribution in [-0.4, -0.2) is 27.4 Å². The van der Waals surface area contributed by atoms with Gasteiger partial charge in [0, 0.05) is 26.1 Å². The number of nitrogens with zero attached hydrogens (tertiary/aromatic N) is 3. The predicted octanol–water partition coefficient (Wildman–Crippen LogP) is 2.03. The molecule has 1 heterocycles. The minimum atomic E-state index is -0.161. The van der Waals surface area contributed by atoms with Crippen molar-refractivity contribution in [1.82, 2.24) is 20.1 Å². The lowest BCUT2D eigenvalue weighted by Gasteiger charge is -2.36. The molecule has 1 aliphatic rings. The van der Waals surface area contributed by atoms with Gasteiger partial charge in [-0.25, -0.2) is 4.39 Å². The van der Waals surface area contributed by atoms with Crippen LogP contribution in [0.5, 0.6) is 0 Å². The van der Waals surface area contributed by atoms with E-state index < -0.39 is 0 Å². The molecule has 1 N–H and O–H groups in total. The van der Waals surface area contributed by atoms with Gasteiger partial charge in [-0.05, 0) is 36.5 Å². The van der Waals surface area contributed by atoms with E-state index in [9.17, 15) is 4.39 Å². The average Bonchev–Trinajstić information content (AvgIpc) is 2.79. The summed E-state index contributed by atoms with van der Waals surface area (Å²) in [6.45, 7) is 0.924. The van der Waals surface area contributed by atoms with Crippen molar-refractivity contribution in [2.24, 2.45) is 7.05 Å². The summed E-state index contributed by atoms with van der Waals surface area (Å²) < 4.78 is 14.8. The van der Waals surface area contributed by atoms with Crippen molar-refractivity contribution in [2.75, 3.05) is 6.54 Å². The molecule has 1 saturated carbocycles. The van der Waals surface area contributed by atoms with Gasteiger partial charge in [0.05, 0.1) is 0 Å². The minimum absolute atomic E-state index is 0.161. The maximum atomic E-state index is 12.9. The van der Waals surface area contributed by atoms with Crippen LogP contribution in [0, 0.1) is 5.82 Å². The highest BCUT2D eigenvalue weighted by molar-refractivity contribution is 5.23. The van der Waals surface area contributed by atoms with Crippen molar-refractivity contribution in [3.63, 3.8) is 0 Å². The monoisotopic (exact) mass is 274 g/mol. The Hall–Kier alpha value is -1.75. The third kappa shape index (κ3) is 2.88. The molecule has 0 bridgehead atoms. The van der Waals surface area contributed by atoms with E-state index in [1.807, 2.05) is 23.7 Å². The summed E-state index contributed by atoms with van der Waals surface area (Å²) in [5, 5.41) is 11.5. The highest BCUT2D eigenvalue weighted by Crippen LogP contribution is 2.36. The second-order valence-corrected chi connectivity index (χ2v) is 5.48. The summed E-state index contributed by atoms with van der Waals surface area (Å²) in [5.74, 6) is 1.42. The normalized spacial score (nSPS) is 21.7. The zero-order valence-corrected chi connectivity index (χ0v) is 11.6. The van der Waals surface area contributed by atoms with E-state index in [4.69, 9.17) is 0 Å². The molecule has 1 fully saturated rings. The van der Waals surface area contributed by atoms with E-state index in [2.05, 4.69) is 15.5 Å². The smallest absolute Gasteiger partial charge is 0.133 e.